The van der Waals surface area contributed by atoms with Gasteiger partial charge in [0.1, 0.15) is 18.7 Å². The zero-order valence-electron chi connectivity index (χ0n) is 14.4. The Hall–Kier alpha value is -2.66. The van der Waals surface area contributed by atoms with Crippen LogP contribution in [0.5, 0.6) is 0 Å². The van der Waals surface area contributed by atoms with E-state index < -0.39 is 22.8 Å². The Bertz CT molecular complexity index is 1150. The van der Waals surface area contributed by atoms with Crippen LogP contribution in [-0.2, 0) is 0 Å². The highest BCUT2D eigenvalue weighted by molar-refractivity contribution is 7.12. The van der Waals surface area contributed by atoms with Crippen LogP contribution in [0.3, 0.4) is 0 Å². The number of nitrogens with one attached hydrogen (secondary N) is 1. The number of nitrogens with zero attached hydrogens (tertiary/aromatic N) is 3. The second kappa shape index (κ2) is 7.76. The van der Waals surface area contributed by atoms with Crippen molar-refractivity contribution >= 4 is 34.2 Å². The maximum Gasteiger partial charge on any atom is 0.341 e. The van der Waals surface area contributed by atoms with Crippen LogP contribution in [0.15, 0.2) is 40.3 Å². The highest BCUT2D eigenvalue weighted by Gasteiger charge is 2.27. The van der Waals surface area contributed by atoms with Crippen LogP contribution >= 0.6 is 11.3 Å². The van der Waals surface area contributed by atoms with Gasteiger partial charge in [-0.25, -0.2) is 9.78 Å². The SMILES string of the molecule is NCC1=CC[NH+](c2nc3c(cc2F)c(=O)c(C(=O)O)cn3-c2nccs2)C1.[Cl-]. The molecule has 3 aromatic heterocycles. The molecule has 8 nitrogen and oxygen atoms in total. The van der Waals surface area contributed by atoms with E-state index in [1.54, 1.807) is 11.6 Å². The van der Waals surface area contributed by atoms with Gasteiger partial charge < -0.3 is 23.2 Å². The van der Waals surface area contributed by atoms with Gasteiger partial charge in [-0.05, 0) is 17.7 Å². The summed E-state index contributed by atoms with van der Waals surface area (Å²) in [5.41, 5.74) is 5.59. The Balaban J connectivity index is 0.00000225. The lowest BCUT2D eigenvalue weighted by Gasteiger charge is -2.15. The van der Waals surface area contributed by atoms with Crippen LogP contribution in [0, 0.1) is 5.82 Å². The average molecular weight is 424 g/mol. The number of carboxylic acid groups (broad SMARTS) is 1. The first-order valence-corrected chi connectivity index (χ1v) is 8.99. The first-order chi connectivity index (χ1) is 13.0. The molecule has 4 heterocycles. The highest BCUT2D eigenvalue weighted by Crippen LogP contribution is 2.21. The number of thiazole rings is 1. The molecule has 0 bridgehead atoms. The van der Waals surface area contributed by atoms with Gasteiger partial charge in [-0.15, -0.1) is 11.3 Å². The summed E-state index contributed by atoms with van der Waals surface area (Å²) in [6.45, 7) is 1.46. The highest BCUT2D eigenvalue weighted by atomic mass is 35.5. The molecule has 0 radical (unpaired) electrons. The van der Waals surface area contributed by atoms with E-state index in [2.05, 4.69) is 9.97 Å². The van der Waals surface area contributed by atoms with Crippen molar-refractivity contribution < 1.29 is 31.6 Å². The zero-order chi connectivity index (χ0) is 19.1. The van der Waals surface area contributed by atoms with Crippen LogP contribution in [0.4, 0.5) is 10.2 Å². The molecule has 11 heteroatoms. The van der Waals surface area contributed by atoms with Crippen molar-refractivity contribution in [2.24, 2.45) is 5.73 Å². The molecule has 1 atom stereocenters. The number of quaternary nitrogens is 1. The minimum Gasteiger partial charge on any atom is -1.00 e. The third-order valence-electron chi connectivity index (χ3n) is 4.46. The second-order valence-corrected chi connectivity index (χ2v) is 6.98. The lowest BCUT2D eigenvalue weighted by molar-refractivity contribution is -0.818. The standard InChI is InChI=1S/C17H14FN5O3S.ClH/c18-12-5-10-13(24)11(16(25)26)8-23(17-20-2-4-27-17)14(10)21-15(12)22-3-1-9(6-19)7-22;/h1-2,4-5,8H,3,6-7,19H2,(H,25,26);1H. The van der Waals surface area contributed by atoms with Crippen LogP contribution < -0.4 is 28.5 Å². The number of carbonyl (C=O) groups is 1. The molecule has 4 N–H and O–H groups in total. The van der Waals surface area contributed by atoms with E-state index >= 15 is 0 Å². The van der Waals surface area contributed by atoms with Gasteiger partial charge in [0, 0.05) is 24.3 Å². The monoisotopic (exact) mass is 423 g/mol. The number of halogens is 2. The predicted molar refractivity (Wildman–Crippen MR) is 97.4 cm³/mol. The quantitative estimate of drug-likeness (QED) is 0.388. The van der Waals surface area contributed by atoms with Crippen molar-refractivity contribution in [3.8, 4) is 5.13 Å². The zero-order valence-corrected chi connectivity index (χ0v) is 15.9. The second-order valence-electron chi connectivity index (χ2n) is 6.10. The Morgan fingerprint density at radius 1 is 1.46 bits per heavy atom. The smallest absolute Gasteiger partial charge is 0.341 e. The summed E-state index contributed by atoms with van der Waals surface area (Å²) in [5, 5.41) is 11.4. The normalized spacial score (nSPS) is 16.1. The number of rotatable bonds is 4. The summed E-state index contributed by atoms with van der Waals surface area (Å²) in [7, 11) is 0. The summed E-state index contributed by atoms with van der Waals surface area (Å²) in [6.07, 6.45) is 4.68. The molecule has 3 aromatic rings. The van der Waals surface area contributed by atoms with Crippen molar-refractivity contribution in [1.29, 1.82) is 0 Å². The van der Waals surface area contributed by atoms with Gasteiger partial charge in [-0.2, -0.15) is 9.37 Å². The molecule has 0 amide bonds. The summed E-state index contributed by atoms with van der Waals surface area (Å²) in [5.74, 6) is -1.89. The van der Waals surface area contributed by atoms with Crippen molar-refractivity contribution in [2.75, 3.05) is 19.6 Å². The van der Waals surface area contributed by atoms with Gasteiger partial charge in [-0.1, -0.05) is 0 Å². The summed E-state index contributed by atoms with van der Waals surface area (Å²) in [6, 6.07) is 1.06. The Labute approximate surface area is 168 Å². The molecule has 1 aliphatic heterocycles. The van der Waals surface area contributed by atoms with E-state index in [0.717, 1.165) is 16.5 Å². The number of carboxylic acids is 1. The van der Waals surface area contributed by atoms with Gasteiger partial charge in [-0.3, -0.25) is 14.3 Å². The minimum absolute atomic E-state index is 0. The first kappa shape index (κ1) is 20.1. The topological polar surface area (TPSA) is 116 Å². The van der Waals surface area contributed by atoms with Crippen LogP contribution in [0.25, 0.3) is 16.2 Å². The van der Waals surface area contributed by atoms with Crippen molar-refractivity contribution in [1.82, 2.24) is 14.5 Å². The Morgan fingerprint density at radius 3 is 2.86 bits per heavy atom. The van der Waals surface area contributed by atoms with Gasteiger partial charge in [0.05, 0.1) is 5.39 Å². The number of hydrogen-bond acceptors (Lipinski definition) is 6. The van der Waals surface area contributed by atoms with E-state index in [-0.39, 0.29) is 29.3 Å². The lowest BCUT2D eigenvalue weighted by Crippen LogP contribution is -3.06. The lowest BCUT2D eigenvalue weighted by atomic mass is 10.2. The number of fused-ring (bicyclic) bond motifs is 1. The molecule has 146 valence electrons. The molecule has 0 aliphatic carbocycles. The fraction of sp³-hybridized carbons (Fsp3) is 0.176. The van der Waals surface area contributed by atoms with E-state index in [9.17, 15) is 19.1 Å². The largest absolute Gasteiger partial charge is 1.00 e. The van der Waals surface area contributed by atoms with Gasteiger partial charge in [0.15, 0.2) is 10.8 Å². The predicted octanol–water partition coefficient (Wildman–Crippen LogP) is -2.90. The fourth-order valence-corrected chi connectivity index (χ4v) is 3.74. The molecule has 0 saturated carbocycles. The molecule has 1 aliphatic rings. The molecule has 0 spiro atoms. The maximum absolute atomic E-state index is 14.7. The fourth-order valence-electron chi connectivity index (χ4n) is 3.13. The summed E-state index contributed by atoms with van der Waals surface area (Å²) in [4.78, 5) is 33.3. The van der Waals surface area contributed by atoms with E-state index in [0.29, 0.717) is 24.8 Å². The number of pyridine rings is 2. The third kappa shape index (κ3) is 3.31. The van der Waals surface area contributed by atoms with Crippen molar-refractivity contribution in [3.05, 3.63) is 57.1 Å². The Morgan fingerprint density at radius 2 is 2.25 bits per heavy atom. The number of nitrogens with two attached hydrogens (primary N) is 1. The molecule has 0 aromatic carbocycles. The third-order valence-corrected chi connectivity index (χ3v) is 5.23. The maximum atomic E-state index is 14.7. The number of aromatic nitrogens is 3. The molecular weight excluding hydrogens is 409 g/mol. The first-order valence-electron chi connectivity index (χ1n) is 8.11. The Kier molecular flexibility index (Phi) is 5.57. The molecule has 0 fully saturated rings. The van der Waals surface area contributed by atoms with Gasteiger partial charge in [0.25, 0.3) is 5.82 Å². The van der Waals surface area contributed by atoms with E-state index in [1.807, 2.05) is 6.08 Å². The summed E-state index contributed by atoms with van der Waals surface area (Å²) >= 11 is 1.25. The van der Waals surface area contributed by atoms with Gasteiger partial charge in [0.2, 0.25) is 11.2 Å². The number of hydrogen-bond donors (Lipinski definition) is 3. The van der Waals surface area contributed by atoms with Crippen LogP contribution in [0.1, 0.15) is 10.4 Å². The van der Waals surface area contributed by atoms with Crippen LogP contribution in [0.2, 0.25) is 0 Å². The molecule has 4 rings (SSSR count). The van der Waals surface area contributed by atoms with Crippen LogP contribution in [-0.4, -0.2) is 45.2 Å². The summed E-state index contributed by atoms with van der Waals surface area (Å²) < 4.78 is 16.2. The average Bonchev–Trinajstić information content (AvgIpc) is 3.33. The molecule has 1 unspecified atom stereocenters. The molecule has 28 heavy (non-hydrogen) atoms. The van der Waals surface area contributed by atoms with E-state index in [1.165, 1.54) is 22.1 Å². The minimum atomic E-state index is -1.39. The number of aromatic carboxylic acids is 1. The van der Waals surface area contributed by atoms with Crippen molar-refractivity contribution in [2.45, 2.75) is 0 Å². The van der Waals surface area contributed by atoms with E-state index in [4.69, 9.17) is 5.73 Å². The van der Waals surface area contributed by atoms with Gasteiger partial charge >= 0.3 is 5.97 Å². The molecular formula is C17H15ClFN5O3S. The van der Waals surface area contributed by atoms with Crippen molar-refractivity contribution in [3.63, 3.8) is 0 Å². The molecule has 0 saturated heterocycles.